The van der Waals surface area contributed by atoms with E-state index in [1.807, 2.05) is 26.0 Å². The number of barbiturate groups is 1. The first kappa shape index (κ1) is 17.4. The van der Waals surface area contributed by atoms with E-state index in [1.54, 1.807) is 36.4 Å². The molecule has 1 aliphatic heterocycles. The van der Waals surface area contributed by atoms with Crippen molar-refractivity contribution in [3.8, 4) is 5.75 Å². The van der Waals surface area contributed by atoms with Crippen LogP contribution in [0, 0.1) is 6.92 Å². The molecule has 1 heterocycles. The fourth-order valence-electron chi connectivity index (χ4n) is 2.58. The number of nitrogens with zero attached hydrogens (tertiary/aromatic N) is 1. The Bertz CT molecular complexity index is 883. The Kier molecular flexibility index (Phi) is 4.84. The summed E-state index contributed by atoms with van der Waals surface area (Å²) in [6, 6.07) is 13.1. The van der Waals surface area contributed by atoms with Gasteiger partial charge in [-0.15, -0.1) is 0 Å². The Morgan fingerprint density at radius 1 is 1.00 bits per heavy atom. The molecular weight excluding hydrogens is 332 g/mol. The molecule has 1 saturated heterocycles. The zero-order valence-electron chi connectivity index (χ0n) is 14.5. The first-order chi connectivity index (χ1) is 12.5. The predicted octanol–water partition coefficient (Wildman–Crippen LogP) is 3.06. The third kappa shape index (κ3) is 3.49. The maximum absolute atomic E-state index is 12.8. The van der Waals surface area contributed by atoms with Crippen molar-refractivity contribution in [3.63, 3.8) is 0 Å². The van der Waals surface area contributed by atoms with Crippen LogP contribution in [0.15, 0.2) is 54.1 Å². The minimum Gasteiger partial charge on any atom is -0.494 e. The van der Waals surface area contributed by atoms with Gasteiger partial charge in [-0.1, -0.05) is 29.8 Å². The second-order valence-corrected chi connectivity index (χ2v) is 5.80. The van der Waals surface area contributed by atoms with Crippen molar-refractivity contribution in [1.29, 1.82) is 0 Å². The van der Waals surface area contributed by atoms with Crippen LogP contribution in [0.1, 0.15) is 18.1 Å². The molecule has 0 radical (unpaired) electrons. The number of ether oxygens (including phenoxy) is 1. The van der Waals surface area contributed by atoms with Gasteiger partial charge in [0.05, 0.1) is 12.3 Å². The zero-order chi connectivity index (χ0) is 18.7. The van der Waals surface area contributed by atoms with Gasteiger partial charge in [0.15, 0.2) is 0 Å². The van der Waals surface area contributed by atoms with Gasteiger partial charge in [-0.25, -0.2) is 9.69 Å². The zero-order valence-corrected chi connectivity index (χ0v) is 14.5. The normalized spacial score (nSPS) is 16.0. The van der Waals surface area contributed by atoms with Gasteiger partial charge in [-0.3, -0.25) is 14.9 Å². The number of carbonyl (C=O) groups is 3. The number of hydrogen-bond acceptors (Lipinski definition) is 4. The van der Waals surface area contributed by atoms with E-state index in [0.717, 1.165) is 10.5 Å². The van der Waals surface area contributed by atoms with Crippen LogP contribution in [0.25, 0.3) is 6.08 Å². The number of nitrogens with one attached hydrogen (secondary N) is 1. The first-order valence-electron chi connectivity index (χ1n) is 8.20. The van der Waals surface area contributed by atoms with Crippen molar-refractivity contribution >= 4 is 29.6 Å². The summed E-state index contributed by atoms with van der Waals surface area (Å²) in [5, 5.41) is 2.21. The molecule has 6 heteroatoms. The van der Waals surface area contributed by atoms with Crippen molar-refractivity contribution in [1.82, 2.24) is 5.32 Å². The molecule has 0 unspecified atom stereocenters. The summed E-state index contributed by atoms with van der Waals surface area (Å²) in [6.45, 7) is 4.32. The topological polar surface area (TPSA) is 75.7 Å². The van der Waals surface area contributed by atoms with Crippen LogP contribution in [-0.4, -0.2) is 24.5 Å². The predicted molar refractivity (Wildman–Crippen MR) is 97.8 cm³/mol. The first-order valence-corrected chi connectivity index (χ1v) is 8.20. The summed E-state index contributed by atoms with van der Waals surface area (Å²) in [5.74, 6) is -0.737. The average molecular weight is 350 g/mol. The van der Waals surface area contributed by atoms with Crippen LogP contribution in [-0.2, 0) is 9.59 Å². The number of anilines is 1. The number of carbonyl (C=O) groups excluding carboxylic acids is 3. The molecule has 2 aromatic carbocycles. The molecule has 132 valence electrons. The van der Waals surface area contributed by atoms with E-state index >= 15 is 0 Å². The Labute approximate surface area is 151 Å². The van der Waals surface area contributed by atoms with Crippen LogP contribution in [0.4, 0.5) is 10.5 Å². The highest BCUT2D eigenvalue weighted by molar-refractivity contribution is 6.39. The Hall–Kier alpha value is -3.41. The highest BCUT2D eigenvalue weighted by Gasteiger charge is 2.36. The van der Waals surface area contributed by atoms with Crippen molar-refractivity contribution in [2.45, 2.75) is 13.8 Å². The highest BCUT2D eigenvalue weighted by Crippen LogP contribution is 2.24. The molecular formula is C20H18N2O4. The molecule has 6 nitrogen and oxygen atoms in total. The summed E-state index contributed by atoms with van der Waals surface area (Å²) in [7, 11) is 0. The molecule has 3 rings (SSSR count). The van der Waals surface area contributed by atoms with Gasteiger partial charge in [0.1, 0.15) is 11.3 Å². The highest BCUT2D eigenvalue weighted by atomic mass is 16.5. The third-order valence-electron chi connectivity index (χ3n) is 3.90. The van der Waals surface area contributed by atoms with E-state index < -0.39 is 17.8 Å². The fraction of sp³-hybridized carbons (Fsp3) is 0.150. The standard InChI is InChI=1S/C20H18N2O4/c1-3-26-16-10-8-15(9-11-16)22-19(24)17(18(23)21-20(22)25)12-14-6-4-13(2)5-7-14/h4-12H,3H2,1-2H3,(H,21,23,25)/b17-12+. The van der Waals surface area contributed by atoms with E-state index in [1.165, 1.54) is 6.08 Å². The second-order valence-electron chi connectivity index (χ2n) is 5.80. The van der Waals surface area contributed by atoms with E-state index in [0.29, 0.717) is 23.6 Å². The lowest BCUT2D eigenvalue weighted by molar-refractivity contribution is -0.122. The lowest BCUT2D eigenvalue weighted by atomic mass is 10.1. The van der Waals surface area contributed by atoms with Gasteiger partial charge >= 0.3 is 6.03 Å². The van der Waals surface area contributed by atoms with Gasteiger partial charge in [0.25, 0.3) is 11.8 Å². The summed E-state index contributed by atoms with van der Waals surface area (Å²) in [6.07, 6.45) is 1.48. The maximum atomic E-state index is 12.8. The minimum absolute atomic E-state index is 0.0951. The van der Waals surface area contributed by atoms with E-state index in [4.69, 9.17) is 4.74 Å². The number of benzene rings is 2. The lowest BCUT2D eigenvalue weighted by Gasteiger charge is -2.26. The Morgan fingerprint density at radius 3 is 2.27 bits per heavy atom. The number of amides is 4. The van der Waals surface area contributed by atoms with Crippen molar-refractivity contribution in [2.24, 2.45) is 0 Å². The molecule has 4 amide bonds. The van der Waals surface area contributed by atoms with Gasteiger partial charge in [0.2, 0.25) is 0 Å². The van der Waals surface area contributed by atoms with Crippen LogP contribution in [0.5, 0.6) is 5.75 Å². The summed E-state index contributed by atoms with van der Waals surface area (Å²) >= 11 is 0. The molecule has 26 heavy (non-hydrogen) atoms. The van der Waals surface area contributed by atoms with E-state index in [9.17, 15) is 14.4 Å². The van der Waals surface area contributed by atoms with E-state index in [2.05, 4.69) is 5.32 Å². The Morgan fingerprint density at radius 2 is 1.65 bits per heavy atom. The van der Waals surface area contributed by atoms with Crippen LogP contribution in [0.3, 0.4) is 0 Å². The lowest BCUT2D eigenvalue weighted by Crippen LogP contribution is -2.54. The van der Waals surface area contributed by atoms with Gasteiger partial charge in [0, 0.05) is 0 Å². The van der Waals surface area contributed by atoms with Crippen molar-refractivity contribution < 1.29 is 19.1 Å². The number of aryl methyl sites for hydroxylation is 1. The monoisotopic (exact) mass is 350 g/mol. The number of hydrogen-bond donors (Lipinski definition) is 1. The van der Waals surface area contributed by atoms with Crippen LogP contribution < -0.4 is 15.0 Å². The SMILES string of the molecule is CCOc1ccc(N2C(=O)NC(=O)/C(=C\c3ccc(C)cc3)C2=O)cc1. The second kappa shape index (κ2) is 7.23. The molecule has 0 aliphatic carbocycles. The van der Waals surface area contributed by atoms with Gasteiger partial charge in [-0.05, 0) is 49.8 Å². The smallest absolute Gasteiger partial charge is 0.335 e. The minimum atomic E-state index is -0.773. The molecule has 1 fully saturated rings. The summed E-state index contributed by atoms with van der Waals surface area (Å²) < 4.78 is 5.36. The van der Waals surface area contributed by atoms with Gasteiger partial charge in [-0.2, -0.15) is 0 Å². The maximum Gasteiger partial charge on any atom is 0.335 e. The molecule has 0 saturated carbocycles. The molecule has 1 aliphatic rings. The van der Waals surface area contributed by atoms with Gasteiger partial charge < -0.3 is 4.74 Å². The Balaban J connectivity index is 1.93. The van der Waals surface area contributed by atoms with Crippen LogP contribution in [0.2, 0.25) is 0 Å². The fourth-order valence-corrected chi connectivity index (χ4v) is 2.58. The molecule has 1 N–H and O–H groups in total. The summed E-state index contributed by atoms with van der Waals surface area (Å²) in [5.41, 5.74) is 2.04. The largest absolute Gasteiger partial charge is 0.494 e. The molecule has 0 spiro atoms. The summed E-state index contributed by atoms with van der Waals surface area (Å²) in [4.78, 5) is 38.0. The van der Waals surface area contributed by atoms with Crippen molar-refractivity contribution in [2.75, 3.05) is 11.5 Å². The average Bonchev–Trinajstić information content (AvgIpc) is 2.62. The molecule has 2 aromatic rings. The van der Waals surface area contributed by atoms with Crippen molar-refractivity contribution in [3.05, 3.63) is 65.2 Å². The van der Waals surface area contributed by atoms with Crippen LogP contribution >= 0.6 is 0 Å². The quantitative estimate of drug-likeness (QED) is 0.679. The number of rotatable bonds is 4. The third-order valence-corrected chi connectivity index (χ3v) is 3.90. The molecule has 0 atom stereocenters. The van der Waals surface area contributed by atoms with E-state index in [-0.39, 0.29) is 5.57 Å². The molecule has 0 bridgehead atoms. The number of urea groups is 1. The number of imide groups is 2. The molecule has 0 aromatic heterocycles.